The van der Waals surface area contributed by atoms with Crippen molar-refractivity contribution in [2.75, 3.05) is 0 Å². The van der Waals surface area contributed by atoms with E-state index in [0.717, 1.165) is 26.0 Å². The van der Waals surface area contributed by atoms with Crippen LogP contribution < -0.4 is 10.5 Å². The Morgan fingerprint density at radius 3 is 2.53 bits per heavy atom. The molecule has 0 bridgehead atoms. The van der Waals surface area contributed by atoms with E-state index in [1.165, 1.54) is 0 Å². The van der Waals surface area contributed by atoms with Gasteiger partial charge in [-0.1, -0.05) is 28.1 Å². The predicted octanol–water partition coefficient (Wildman–Crippen LogP) is 4.46. The molecule has 88 valence electrons. The first-order valence-corrected chi connectivity index (χ1v) is 6.69. The van der Waals surface area contributed by atoms with Crippen LogP contribution in [0.1, 0.15) is 5.56 Å². The molecule has 0 fully saturated rings. The smallest absolute Gasteiger partial charge is 0.141 e. The molecule has 0 aromatic heterocycles. The molecule has 2 aromatic carbocycles. The average molecular weight is 357 g/mol. The maximum Gasteiger partial charge on any atom is 0.141 e. The molecule has 0 saturated heterocycles. The van der Waals surface area contributed by atoms with Gasteiger partial charge in [0, 0.05) is 11.0 Å². The minimum absolute atomic E-state index is 0.492. The van der Waals surface area contributed by atoms with Gasteiger partial charge in [0.05, 0.1) is 4.47 Å². The normalized spacial score (nSPS) is 10.3. The molecule has 0 radical (unpaired) electrons. The van der Waals surface area contributed by atoms with E-state index >= 15 is 0 Å². The molecule has 17 heavy (non-hydrogen) atoms. The maximum atomic E-state index is 5.80. The molecule has 0 amide bonds. The predicted molar refractivity (Wildman–Crippen MR) is 76.2 cm³/mol. The first-order chi connectivity index (χ1) is 8.19. The summed E-state index contributed by atoms with van der Waals surface area (Å²) < 4.78 is 7.69. The van der Waals surface area contributed by atoms with E-state index in [2.05, 4.69) is 31.9 Å². The van der Waals surface area contributed by atoms with Crippen molar-refractivity contribution in [3.8, 4) is 11.5 Å². The zero-order valence-corrected chi connectivity index (χ0v) is 12.2. The minimum Gasteiger partial charge on any atom is -0.456 e. The number of nitrogens with two attached hydrogens (primary N) is 1. The molecule has 0 aliphatic carbocycles. The van der Waals surface area contributed by atoms with E-state index in [4.69, 9.17) is 10.5 Å². The number of halogens is 2. The van der Waals surface area contributed by atoms with Gasteiger partial charge in [0.2, 0.25) is 0 Å². The molecule has 2 aromatic rings. The van der Waals surface area contributed by atoms with E-state index in [-0.39, 0.29) is 0 Å². The van der Waals surface area contributed by atoms with Crippen LogP contribution in [0.15, 0.2) is 51.4 Å². The minimum atomic E-state index is 0.492. The summed E-state index contributed by atoms with van der Waals surface area (Å²) in [5.41, 5.74) is 6.65. The quantitative estimate of drug-likeness (QED) is 0.880. The molecule has 2 rings (SSSR count). The van der Waals surface area contributed by atoms with Crippen LogP contribution in [0.4, 0.5) is 0 Å². The lowest BCUT2D eigenvalue weighted by Crippen LogP contribution is -1.96. The van der Waals surface area contributed by atoms with E-state index < -0.39 is 0 Å². The Balaban J connectivity index is 2.30. The lowest BCUT2D eigenvalue weighted by molar-refractivity contribution is 0.478. The zero-order chi connectivity index (χ0) is 12.3. The van der Waals surface area contributed by atoms with Crippen LogP contribution in [0, 0.1) is 0 Å². The van der Waals surface area contributed by atoms with Gasteiger partial charge in [0.25, 0.3) is 0 Å². The Kier molecular flexibility index (Phi) is 4.20. The second kappa shape index (κ2) is 5.67. The Hall–Kier alpha value is -0.840. The molecule has 0 heterocycles. The molecule has 0 spiro atoms. The first kappa shape index (κ1) is 12.6. The zero-order valence-electron chi connectivity index (χ0n) is 8.99. The van der Waals surface area contributed by atoms with E-state index in [0.29, 0.717) is 6.54 Å². The number of hydrogen-bond donors (Lipinski definition) is 1. The first-order valence-electron chi connectivity index (χ1n) is 5.11. The monoisotopic (exact) mass is 355 g/mol. The fourth-order valence-corrected chi connectivity index (χ4v) is 2.34. The number of benzene rings is 2. The molecule has 0 aliphatic heterocycles. The van der Waals surface area contributed by atoms with Gasteiger partial charge >= 0.3 is 0 Å². The molecule has 2 N–H and O–H groups in total. The highest BCUT2D eigenvalue weighted by molar-refractivity contribution is 9.10. The van der Waals surface area contributed by atoms with Crippen LogP contribution in [-0.2, 0) is 6.54 Å². The topological polar surface area (TPSA) is 35.2 Å². The summed E-state index contributed by atoms with van der Waals surface area (Å²) in [6.07, 6.45) is 0. The second-order valence-corrected chi connectivity index (χ2v) is 5.30. The summed E-state index contributed by atoms with van der Waals surface area (Å²) >= 11 is 6.88. The third-order valence-electron chi connectivity index (χ3n) is 2.23. The van der Waals surface area contributed by atoms with Gasteiger partial charge in [-0.05, 0) is 51.8 Å². The van der Waals surface area contributed by atoms with E-state index in [9.17, 15) is 0 Å². The van der Waals surface area contributed by atoms with Gasteiger partial charge in [0.1, 0.15) is 11.5 Å². The van der Waals surface area contributed by atoms with Crippen molar-refractivity contribution >= 4 is 31.9 Å². The molecule has 4 heteroatoms. The summed E-state index contributed by atoms with van der Waals surface area (Å²) in [5.74, 6) is 1.56. The second-order valence-electron chi connectivity index (χ2n) is 3.53. The van der Waals surface area contributed by atoms with Gasteiger partial charge in [0.15, 0.2) is 0 Å². The van der Waals surface area contributed by atoms with Crippen molar-refractivity contribution in [2.45, 2.75) is 6.54 Å². The number of para-hydroxylation sites is 1. The largest absolute Gasteiger partial charge is 0.456 e. The van der Waals surface area contributed by atoms with Crippen LogP contribution >= 0.6 is 31.9 Å². The van der Waals surface area contributed by atoms with Gasteiger partial charge in [-0.3, -0.25) is 0 Å². The Morgan fingerprint density at radius 2 is 1.82 bits per heavy atom. The van der Waals surface area contributed by atoms with Crippen molar-refractivity contribution in [1.82, 2.24) is 0 Å². The van der Waals surface area contributed by atoms with Gasteiger partial charge in [-0.25, -0.2) is 0 Å². The summed E-state index contributed by atoms with van der Waals surface area (Å²) in [4.78, 5) is 0. The SMILES string of the molecule is NCc1cc(Br)cc(Oc2ccccc2Br)c1. The van der Waals surface area contributed by atoms with Crippen molar-refractivity contribution in [1.29, 1.82) is 0 Å². The highest BCUT2D eigenvalue weighted by Gasteiger charge is 2.03. The van der Waals surface area contributed by atoms with Crippen LogP contribution in [0.2, 0.25) is 0 Å². The fraction of sp³-hybridized carbons (Fsp3) is 0.0769. The van der Waals surface area contributed by atoms with Crippen molar-refractivity contribution in [3.63, 3.8) is 0 Å². The van der Waals surface area contributed by atoms with Crippen LogP contribution in [0.3, 0.4) is 0 Å². The number of ether oxygens (including phenoxy) is 1. The van der Waals surface area contributed by atoms with Gasteiger partial charge in [-0.2, -0.15) is 0 Å². The Labute approximate surface area is 117 Å². The summed E-state index contributed by atoms with van der Waals surface area (Å²) in [5, 5.41) is 0. The highest BCUT2D eigenvalue weighted by atomic mass is 79.9. The molecule has 0 aliphatic rings. The third-order valence-corrected chi connectivity index (χ3v) is 3.34. The van der Waals surface area contributed by atoms with Crippen molar-refractivity contribution in [3.05, 3.63) is 57.0 Å². The molecular weight excluding hydrogens is 346 g/mol. The van der Waals surface area contributed by atoms with Gasteiger partial charge < -0.3 is 10.5 Å². The Morgan fingerprint density at radius 1 is 1.06 bits per heavy atom. The van der Waals surface area contributed by atoms with E-state index in [1.807, 2.05) is 42.5 Å². The standard InChI is InChI=1S/C13H11Br2NO/c14-10-5-9(8-16)6-11(7-10)17-13-4-2-1-3-12(13)15/h1-7H,8,16H2. The molecule has 0 atom stereocenters. The molecule has 0 saturated carbocycles. The van der Waals surface area contributed by atoms with Gasteiger partial charge in [-0.15, -0.1) is 0 Å². The summed E-state index contributed by atoms with van der Waals surface area (Å²) in [7, 11) is 0. The number of rotatable bonds is 3. The maximum absolute atomic E-state index is 5.80. The molecule has 0 unspecified atom stereocenters. The third kappa shape index (κ3) is 3.31. The van der Waals surface area contributed by atoms with Crippen molar-refractivity contribution in [2.24, 2.45) is 5.73 Å². The van der Waals surface area contributed by atoms with Crippen LogP contribution in [0.25, 0.3) is 0 Å². The van der Waals surface area contributed by atoms with Crippen LogP contribution in [-0.4, -0.2) is 0 Å². The highest BCUT2D eigenvalue weighted by Crippen LogP contribution is 2.31. The summed E-state index contributed by atoms with van der Waals surface area (Å²) in [6, 6.07) is 13.6. The van der Waals surface area contributed by atoms with E-state index in [1.54, 1.807) is 0 Å². The lowest BCUT2D eigenvalue weighted by Gasteiger charge is -2.09. The Bertz CT molecular complexity index is 529. The summed E-state index contributed by atoms with van der Waals surface area (Å²) in [6.45, 7) is 0.492. The lowest BCUT2D eigenvalue weighted by atomic mass is 10.2. The fourth-order valence-electron chi connectivity index (χ4n) is 1.45. The average Bonchev–Trinajstić information content (AvgIpc) is 2.31. The molecule has 2 nitrogen and oxygen atoms in total. The number of hydrogen-bond acceptors (Lipinski definition) is 2. The molecular formula is C13H11Br2NO. The van der Waals surface area contributed by atoms with Crippen molar-refractivity contribution < 1.29 is 4.74 Å². The van der Waals surface area contributed by atoms with Crippen LogP contribution in [0.5, 0.6) is 11.5 Å².